The van der Waals surface area contributed by atoms with Crippen molar-refractivity contribution in [3.63, 3.8) is 0 Å². The number of hydrogen-bond acceptors (Lipinski definition) is 3. The first kappa shape index (κ1) is 15.1. The van der Waals surface area contributed by atoms with Crippen LogP contribution < -0.4 is 10.2 Å². The summed E-state index contributed by atoms with van der Waals surface area (Å²) in [5.74, 6) is 0.0634. The summed E-state index contributed by atoms with van der Waals surface area (Å²) in [5, 5.41) is 4.18. The fraction of sp³-hybridized carbons (Fsp3) is 0.533. The number of hydrogen-bond donors (Lipinski definition) is 1. The lowest BCUT2D eigenvalue weighted by Gasteiger charge is -2.25. The molecule has 0 spiro atoms. The number of carbonyl (C=O) groups excluding carboxylic acids is 1. The van der Waals surface area contributed by atoms with Crippen LogP contribution in [-0.4, -0.2) is 44.5 Å². The van der Waals surface area contributed by atoms with E-state index in [4.69, 9.17) is 11.6 Å². The largest absolute Gasteiger partial charge is 0.364 e. The number of nitrogens with one attached hydrogen (secondary N) is 1. The van der Waals surface area contributed by atoms with Gasteiger partial charge < -0.3 is 15.1 Å². The van der Waals surface area contributed by atoms with Crippen LogP contribution in [0.4, 0.5) is 5.69 Å². The number of amides is 1. The van der Waals surface area contributed by atoms with Crippen LogP contribution in [0, 0.1) is 0 Å². The number of benzene rings is 1. The van der Waals surface area contributed by atoms with Crippen molar-refractivity contribution in [2.75, 3.05) is 32.6 Å². The van der Waals surface area contributed by atoms with E-state index in [0.717, 1.165) is 17.8 Å². The Hall–Kier alpha value is -1.26. The van der Waals surface area contributed by atoms with Crippen LogP contribution in [-0.2, 0) is 11.3 Å². The molecule has 20 heavy (non-hydrogen) atoms. The Balaban J connectivity index is 2.12. The molecular weight excluding hydrogens is 274 g/mol. The highest BCUT2D eigenvalue weighted by Gasteiger charge is 2.21. The van der Waals surface area contributed by atoms with Crippen molar-refractivity contribution in [2.24, 2.45) is 0 Å². The lowest BCUT2D eigenvalue weighted by molar-refractivity contribution is -0.127. The Morgan fingerprint density at radius 3 is 2.65 bits per heavy atom. The zero-order valence-corrected chi connectivity index (χ0v) is 13.1. The highest BCUT2D eigenvalue weighted by atomic mass is 35.5. The van der Waals surface area contributed by atoms with E-state index in [1.807, 2.05) is 24.1 Å². The number of halogens is 1. The van der Waals surface area contributed by atoms with Crippen molar-refractivity contribution >= 4 is 23.2 Å². The Labute approximate surface area is 125 Å². The highest BCUT2D eigenvalue weighted by molar-refractivity contribution is 6.33. The van der Waals surface area contributed by atoms with E-state index in [1.54, 1.807) is 19.0 Å². The quantitative estimate of drug-likeness (QED) is 0.873. The monoisotopic (exact) mass is 295 g/mol. The van der Waals surface area contributed by atoms with Gasteiger partial charge in [0, 0.05) is 33.7 Å². The molecule has 0 heterocycles. The Morgan fingerprint density at radius 2 is 2.05 bits per heavy atom. The zero-order valence-electron chi connectivity index (χ0n) is 12.3. The molecule has 0 atom stereocenters. The third-order valence-corrected chi connectivity index (χ3v) is 3.79. The van der Waals surface area contributed by atoms with Gasteiger partial charge in [0.2, 0.25) is 5.91 Å². The van der Waals surface area contributed by atoms with Crippen LogP contribution in [0.5, 0.6) is 0 Å². The summed E-state index contributed by atoms with van der Waals surface area (Å²) in [6, 6.07) is 6.54. The predicted molar refractivity (Wildman–Crippen MR) is 83.3 cm³/mol. The minimum atomic E-state index is 0.0634. The second kappa shape index (κ2) is 6.46. The maximum atomic E-state index is 11.9. The van der Waals surface area contributed by atoms with Gasteiger partial charge in [0.05, 0.1) is 17.3 Å². The SMILES string of the molecule is CN(C)C(=O)CN(C)c1c(Cl)cccc1CNC1CC1. The average Bonchev–Trinajstić information content (AvgIpc) is 3.19. The number of anilines is 1. The van der Waals surface area contributed by atoms with Crippen LogP contribution in [0.3, 0.4) is 0 Å². The molecule has 5 heteroatoms. The molecule has 1 aromatic rings. The summed E-state index contributed by atoms with van der Waals surface area (Å²) in [5.41, 5.74) is 2.08. The molecule has 2 rings (SSSR count). The standard InChI is InChI=1S/C15H22ClN3O/c1-18(2)14(20)10-19(3)15-11(5-4-6-13(15)16)9-17-12-7-8-12/h4-6,12,17H,7-10H2,1-3H3. The van der Waals surface area contributed by atoms with Gasteiger partial charge in [-0.3, -0.25) is 4.79 Å². The van der Waals surface area contributed by atoms with Crippen molar-refractivity contribution in [2.45, 2.75) is 25.4 Å². The molecule has 1 fully saturated rings. The van der Waals surface area contributed by atoms with E-state index >= 15 is 0 Å². The molecule has 1 N–H and O–H groups in total. The van der Waals surface area contributed by atoms with Crippen molar-refractivity contribution in [1.29, 1.82) is 0 Å². The van der Waals surface area contributed by atoms with Gasteiger partial charge >= 0.3 is 0 Å². The summed E-state index contributed by atoms with van der Waals surface area (Å²) in [7, 11) is 5.43. The van der Waals surface area contributed by atoms with Gasteiger partial charge in [0.25, 0.3) is 0 Å². The second-order valence-electron chi connectivity index (χ2n) is 5.55. The first-order chi connectivity index (χ1) is 9.49. The van der Waals surface area contributed by atoms with E-state index in [9.17, 15) is 4.79 Å². The van der Waals surface area contributed by atoms with Crippen molar-refractivity contribution in [1.82, 2.24) is 10.2 Å². The molecule has 4 nitrogen and oxygen atoms in total. The second-order valence-corrected chi connectivity index (χ2v) is 5.95. The first-order valence-corrected chi connectivity index (χ1v) is 7.29. The molecule has 0 aromatic heterocycles. The Bertz CT molecular complexity index is 486. The molecule has 0 saturated heterocycles. The molecule has 1 aromatic carbocycles. The third kappa shape index (κ3) is 3.87. The lowest BCUT2D eigenvalue weighted by atomic mass is 10.1. The van der Waals surface area contributed by atoms with Gasteiger partial charge in [-0.2, -0.15) is 0 Å². The normalized spacial score (nSPS) is 14.2. The minimum absolute atomic E-state index is 0.0634. The maximum Gasteiger partial charge on any atom is 0.241 e. The smallest absolute Gasteiger partial charge is 0.241 e. The van der Waals surface area contributed by atoms with Gasteiger partial charge in [0.1, 0.15) is 0 Å². The highest BCUT2D eigenvalue weighted by Crippen LogP contribution is 2.30. The fourth-order valence-corrected chi connectivity index (χ4v) is 2.43. The summed E-state index contributed by atoms with van der Waals surface area (Å²) >= 11 is 6.32. The summed E-state index contributed by atoms with van der Waals surface area (Å²) in [6.07, 6.45) is 2.51. The van der Waals surface area contributed by atoms with Crippen LogP contribution >= 0.6 is 11.6 Å². The lowest BCUT2D eigenvalue weighted by Crippen LogP contribution is -2.35. The molecule has 1 aliphatic carbocycles. The minimum Gasteiger partial charge on any atom is -0.364 e. The van der Waals surface area contributed by atoms with E-state index in [1.165, 1.54) is 12.8 Å². The van der Waals surface area contributed by atoms with Crippen molar-refractivity contribution in [3.8, 4) is 0 Å². The van der Waals surface area contributed by atoms with Crippen LogP contribution in [0.2, 0.25) is 5.02 Å². The van der Waals surface area contributed by atoms with Gasteiger partial charge in [-0.15, -0.1) is 0 Å². The molecule has 0 aliphatic heterocycles. The van der Waals surface area contributed by atoms with Gasteiger partial charge in [-0.05, 0) is 24.5 Å². The van der Waals surface area contributed by atoms with Crippen molar-refractivity contribution in [3.05, 3.63) is 28.8 Å². The summed E-state index contributed by atoms with van der Waals surface area (Å²) in [6.45, 7) is 1.12. The van der Waals surface area contributed by atoms with Crippen LogP contribution in [0.25, 0.3) is 0 Å². The maximum absolute atomic E-state index is 11.9. The Morgan fingerprint density at radius 1 is 1.35 bits per heavy atom. The van der Waals surface area contributed by atoms with Crippen molar-refractivity contribution < 1.29 is 4.79 Å². The molecule has 1 aliphatic rings. The predicted octanol–water partition coefficient (Wildman–Crippen LogP) is 2.12. The molecule has 1 saturated carbocycles. The zero-order chi connectivity index (χ0) is 14.7. The van der Waals surface area contributed by atoms with Crippen LogP contribution in [0.15, 0.2) is 18.2 Å². The fourth-order valence-electron chi connectivity index (χ4n) is 2.10. The molecular formula is C15H22ClN3O. The third-order valence-electron chi connectivity index (χ3n) is 3.48. The summed E-state index contributed by atoms with van der Waals surface area (Å²) in [4.78, 5) is 15.4. The van der Waals surface area contributed by atoms with E-state index in [0.29, 0.717) is 17.6 Å². The number of nitrogens with zero attached hydrogens (tertiary/aromatic N) is 2. The molecule has 0 radical (unpaired) electrons. The Kier molecular flexibility index (Phi) is 4.89. The molecule has 1 amide bonds. The van der Waals surface area contributed by atoms with E-state index < -0.39 is 0 Å². The average molecular weight is 296 g/mol. The first-order valence-electron chi connectivity index (χ1n) is 6.91. The van der Waals surface area contributed by atoms with E-state index in [2.05, 4.69) is 11.4 Å². The number of rotatable bonds is 6. The molecule has 110 valence electrons. The van der Waals surface area contributed by atoms with Gasteiger partial charge in [-0.1, -0.05) is 23.7 Å². The molecule has 0 bridgehead atoms. The van der Waals surface area contributed by atoms with Gasteiger partial charge in [-0.25, -0.2) is 0 Å². The van der Waals surface area contributed by atoms with Crippen LogP contribution in [0.1, 0.15) is 18.4 Å². The number of carbonyl (C=O) groups is 1. The topological polar surface area (TPSA) is 35.6 Å². The van der Waals surface area contributed by atoms with E-state index in [-0.39, 0.29) is 5.91 Å². The number of likely N-dealkylation sites (N-methyl/N-ethyl adjacent to an activating group) is 2. The number of para-hydroxylation sites is 1. The molecule has 0 unspecified atom stereocenters. The van der Waals surface area contributed by atoms with Gasteiger partial charge in [0.15, 0.2) is 0 Å². The summed E-state index contributed by atoms with van der Waals surface area (Å²) < 4.78 is 0.